The van der Waals surface area contributed by atoms with Crippen LogP contribution >= 0.6 is 0 Å². The number of ether oxygens (including phenoxy) is 2. The van der Waals surface area contributed by atoms with Crippen LogP contribution in [0.4, 0.5) is 0 Å². The lowest BCUT2D eigenvalue weighted by Gasteiger charge is -2.44. The van der Waals surface area contributed by atoms with Gasteiger partial charge in [-0.2, -0.15) is 25.3 Å². The van der Waals surface area contributed by atoms with Crippen molar-refractivity contribution in [2.45, 2.75) is 37.6 Å². The van der Waals surface area contributed by atoms with Gasteiger partial charge in [0.15, 0.2) is 12.4 Å². The number of nitrogens with one attached hydrogen (secondary N) is 1. The molecule has 1 aliphatic rings. The lowest BCUT2D eigenvalue weighted by Crippen LogP contribution is -2.66. The lowest BCUT2D eigenvalue weighted by molar-refractivity contribution is -0.258. The van der Waals surface area contributed by atoms with Gasteiger partial charge in [0.25, 0.3) is 30.4 Å². The number of methoxy groups -OCH3 is 1. The first-order valence-electron chi connectivity index (χ1n) is 7.58. The molecule has 0 unspecified atom stereocenters. The first-order valence-corrected chi connectivity index (χ1v) is 13.0. The van der Waals surface area contributed by atoms with E-state index in [0.29, 0.717) is 6.26 Å². The van der Waals surface area contributed by atoms with Gasteiger partial charge in [-0.25, -0.2) is 0 Å². The van der Waals surface area contributed by atoms with Crippen LogP contribution in [0.2, 0.25) is 0 Å². The van der Waals surface area contributed by atoms with Gasteiger partial charge in [-0.3, -0.25) is 17.3 Å². The lowest BCUT2D eigenvalue weighted by atomic mass is 9.96. The molecule has 0 aromatic heterocycles. The van der Waals surface area contributed by atoms with E-state index in [1.165, 1.54) is 0 Å². The Morgan fingerprint density at radius 1 is 0.929 bits per heavy atom. The number of hydrogen-bond donors (Lipinski definition) is 1. The summed E-state index contributed by atoms with van der Waals surface area (Å²) in [5.74, 6) is -0.672. The molecule has 0 aliphatic carbocycles. The Kier molecular flexibility index (Phi) is 8.35. The van der Waals surface area contributed by atoms with Crippen LogP contribution in [0, 0.1) is 0 Å². The van der Waals surface area contributed by atoms with Gasteiger partial charge in [0.05, 0.1) is 31.4 Å². The predicted octanol–water partition coefficient (Wildman–Crippen LogP) is -2.47. The Hall–Kier alpha value is -0.880. The van der Waals surface area contributed by atoms with E-state index in [1.54, 1.807) is 0 Å². The molecule has 166 valence electrons. The Morgan fingerprint density at radius 2 is 1.43 bits per heavy atom. The molecule has 16 heteroatoms. The fraction of sp³-hybridized carbons (Fsp3) is 0.917. The van der Waals surface area contributed by atoms with Crippen molar-refractivity contribution >= 4 is 36.3 Å². The van der Waals surface area contributed by atoms with Crippen LogP contribution in [0.1, 0.15) is 6.92 Å². The molecule has 1 fully saturated rings. The van der Waals surface area contributed by atoms with Crippen molar-refractivity contribution in [2.75, 3.05) is 32.5 Å². The molecule has 1 heterocycles. The molecular weight excluding hydrogens is 446 g/mol. The zero-order valence-corrected chi connectivity index (χ0v) is 18.2. The number of rotatable bonds is 9. The fourth-order valence-corrected chi connectivity index (χ4v) is 4.10. The molecule has 0 bridgehead atoms. The molecule has 28 heavy (non-hydrogen) atoms. The number of hydrogen-bond acceptors (Lipinski definition) is 12. The normalized spacial score (nSPS) is 29.4. The topological polar surface area (TPSA) is 178 Å². The van der Waals surface area contributed by atoms with Gasteiger partial charge in [-0.1, -0.05) is 0 Å². The van der Waals surface area contributed by atoms with E-state index >= 15 is 0 Å². The summed E-state index contributed by atoms with van der Waals surface area (Å²) in [6.45, 7) is 0.398. The second kappa shape index (κ2) is 9.29. The highest BCUT2D eigenvalue weighted by atomic mass is 32.2. The van der Waals surface area contributed by atoms with Gasteiger partial charge < -0.3 is 14.8 Å². The summed E-state index contributed by atoms with van der Waals surface area (Å²) in [6.07, 6.45) is -3.73. The number of carbonyl (C=O) groups excluding carboxylic acids is 1. The van der Waals surface area contributed by atoms with Crippen LogP contribution in [0.3, 0.4) is 0 Å². The Bertz CT molecular complexity index is 866. The summed E-state index contributed by atoms with van der Waals surface area (Å²) in [5, 5.41) is 2.34. The molecule has 5 atom stereocenters. The molecule has 1 aliphatic heterocycles. The van der Waals surface area contributed by atoms with Crippen molar-refractivity contribution in [3.8, 4) is 0 Å². The summed E-state index contributed by atoms with van der Waals surface area (Å²) < 4.78 is 94.1. The summed E-state index contributed by atoms with van der Waals surface area (Å²) >= 11 is 0. The van der Waals surface area contributed by atoms with Crippen LogP contribution in [0.5, 0.6) is 0 Å². The quantitative estimate of drug-likeness (QED) is 0.352. The van der Waals surface area contributed by atoms with Crippen molar-refractivity contribution in [1.82, 2.24) is 5.32 Å². The molecule has 0 aromatic carbocycles. The molecular formula is C12H23NO12S3. The third kappa shape index (κ3) is 8.64. The minimum absolute atomic E-state index is 0.672. The van der Waals surface area contributed by atoms with Crippen LogP contribution in [0.15, 0.2) is 0 Å². The molecule has 1 N–H and O–H groups in total. The highest BCUT2D eigenvalue weighted by Gasteiger charge is 2.51. The highest BCUT2D eigenvalue weighted by molar-refractivity contribution is 7.86. The standard InChI is InChI=1S/C12H23NO12S3/c1-7(14)13-9-10(24-27(4,17)18)8(6-22-26(3,15)16)23-12(21-2)11(9)25-28(5,19)20/h8-12H,6H2,1-5H3,(H,13,14)/t8-,9-,10-,11-,12-/m1/s1. The maximum Gasteiger partial charge on any atom is 0.264 e. The van der Waals surface area contributed by atoms with Gasteiger partial charge in [0.1, 0.15) is 12.2 Å². The Balaban J connectivity index is 3.40. The number of amides is 1. The average Bonchev–Trinajstić information content (AvgIpc) is 2.45. The minimum atomic E-state index is -4.15. The van der Waals surface area contributed by atoms with Crippen molar-refractivity contribution in [1.29, 1.82) is 0 Å². The van der Waals surface area contributed by atoms with E-state index in [0.717, 1.165) is 26.5 Å². The highest BCUT2D eigenvalue weighted by Crippen LogP contribution is 2.29. The minimum Gasteiger partial charge on any atom is -0.353 e. The van der Waals surface area contributed by atoms with Gasteiger partial charge in [-0.15, -0.1) is 0 Å². The SMILES string of the molecule is CO[C@@H]1O[C@H](COS(C)(=O)=O)[C@@H](OS(C)(=O)=O)[C@@H](NC(C)=O)[C@H]1OS(C)(=O)=O. The van der Waals surface area contributed by atoms with Crippen molar-refractivity contribution in [3.63, 3.8) is 0 Å². The second-order valence-corrected chi connectivity index (χ2v) is 10.9. The van der Waals surface area contributed by atoms with Gasteiger partial charge in [0, 0.05) is 14.0 Å². The second-order valence-electron chi connectivity index (χ2n) is 6.02. The van der Waals surface area contributed by atoms with E-state index in [2.05, 4.69) is 9.50 Å². The molecule has 0 aromatic rings. The third-order valence-electron chi connectivity index (χ3n) is 3.27. The smallest absolute Gasteiger partial charge is 0.264 e. The Labute approximate surface area is 164 Å². The molecule has 13 nitrogen and oxygen atoms in total. The number of carbonyl (C=O) groups is 1. The van der Waals surface area contributed by atoms with Crippen LogP contribution in [-0.4, -0.2) is 94.3 Å². The summed E-state index contributed by atoms with van der Waals surface area (Å²) in [6, 6.07) is -1.41. The predicted molar refractivity (Wildman–Crippen MR) is 93.5 cm³/mol. The molecule has 0 radical (unpaired) electrons. The Morgan fingerprint density at radius 3 is 1.82 bits per heavy atom. The van der Waals surface area contributed by atoms with Gasteiger partial charge in [-0.05, 0) is 0 Å². The van der Waals surface area contributed by atoms with Crippen LogP contribution < -0.4 is 5.32 Å². The first-order chi connectivity index (χ1) is 12.5. The summed E-state index contributed by atoms with van der Waals surface area (Å²) in [5.41, 5.74) is 0. The maximum absolute atomic E-state index is 11.7. The third-order valence-corrected chi connectivity index (χ3v) is 4.98. The average molecular weight is 470 g/mol. The molecule has 0 spiro atoms. The zero-order chi connectivity index (χ0) is 21.9. The van der Waals surface area contributed by atoms with E-state index in [9.17, 15) is 30.0 Å². The van der Waals surface area contributed by atoms with Crippen molar-refractivity contribution < 1.29 is 52.1 Å². The summed E-state index contributed by atoms with van der Waals surface area (Å²) in [4.78, 5) is 11.6. The van der Waals surface area contributed by atoms with E-state index < -0.39 is 73.5 Å². The van der Waals surface area contributed by atoms with Crippen LogP contribution in [0.25, 0.3) is 0 Å². The first kappa shape index (κ1) is 25.2. The van der Waals surface area contributed by atoms with E-state index in [-0.39, 0.29) is 0 Å². The maximum atomic E-state index is 11.7. The monoisotopic (exact) mass is 469 g/mol. The van der Waals surface area contributed by atoms with Gasteiger partial charge in [0.2, 0.25) is 5.91 Å². The molecule has 0 saturated carbocycles. The molecule has 1 saturated heterocycles. The van der Waals surface area contributed by atoms with E-state index in [1.807, 2.05) is 0 Å². The van der Waals surface area contributed by atoms with E-state index in [4.69, 9.17) is 17.8 Å². The van der Waals surface area contributed by atoms with Crippen LogP contribution in [-0.2, 0) is 57.2 Å². The molecule has 1 rings (SSSR count). The van der Waals surface area contributed by atoms with Gasteiger partial charge >= 0.3 is 0 Å². The fourth-order valence-electron chi connectivity index (χ4n) is 2.46. The largest absolute Gasteiger partial charge is 0.353 e. The zero-order valence-electron chi connectivity index (χ0n) is 15.7. The molecule has 1 amide bonds. The van der Waals surface area contributed by atoms with Crippen molar-refractivity contribution in [3.05, 3.63) is 0 Å². The van der Waals surface area contributed by atoms with Crippen molar-refractivity contribution in [2.24, 2.45) is 0 Å². The summed E-state index contributed by atoms with van der Waals surface area (Å²) in [7, 11) is -11.1.